The van der Waals surface area contributed by atoms with Crippen LogP contribution >= 0.6 is 0 Å². The Labute approximate surface area is 130 Å². The van der Waals surface area contributed by atoms with Crippen LogP contribution in [-0.2, 0) is 4.74 Å². The first kappa shape index (κ1) is 18.3. The van der Waals surface area contributed by atoms with Gasteiger partial charge < -0.3 is 15.0 Å². The Morgan fingerprint density at radius 3 is 2.43 bits per heavy atom. The van der Waals surface area contributed by atoms with Crippen LogP contribution < -0.4 is 5.32 Å². The highest BCUT2D eigenvalue weighted by molar-refractivity contribution is 5.67. The van der Waals surface area contributed by atoms with E-state index in [1.807, 2.05) is 0 Å². The Bertz CT molecular complexity index is 266. The van der Waals surface area contributed by atoms with Crippen LogP contribution in [0.5, 0.6) is 0 Å². The molecule has 4 nitrogen and oxygen atoms in total. The van der Waals surface area contributed by atoms with Gasteiger partial charge in [-0.25, -0.2) is 4.79 Å². The number of unbranched alkanes of at least 4 members (excludes halogenated alkanes) is 3. The molecular formula is C17H34N2O2. The van der Waals surface area contributed by atoms with Crippen molar-refractivity contribution >= 4 is 6.09 Å². The number of nitrogens with one attached hydrogen (secondary N) is 1. The fourth-order valence-corrected chi connectivity index (χ4v) is 2.83. The number of amides is 1. The first-order chi connectivity index (χ1) is 10.3. The standard InChI is InChI=1S/C17H34N2O2/c1-3-5-7-11-16(10-6-4-2)21-17(20)18-12-15-19-13-8-9-14-19/h16H,3-15H2,1-2H3,(H,18,20). The Morgan fingerprint density at radius 2 is 1.76 bits per heavy atom. The second kappa shape index (κ2) is 11.8. The van der Waals surface area contributed by atoms with Crippen LogP contribution in [0.1, 0.15) is 71.6 Å². The van der Waals surface area contributed by atoms with E-state index in [0.29, 0.717) is 6.54 Å². The van der Waals surface area contributed by atoms with Crippen molar-refractivity contribution in [3.63, 3.8) is 0 Å². The van der Waals surface area contributed by atoms with E-state index in [4.69, 9.17) is 4.74 Å². The monoisotopic (exact) mass is 298 g/mol. The second-order valence-electron chi connectivity index (χ2n) is 6.14. The molecule has 1 amide bonds. The number of rotatable bonds is 11. The van der Waals surface area contributed by atoms with E-state index in [1.165, 1.54) is 38.8 Å². The maximum Gasteiger partial charge on any atom is 0.407 e. The highest BCUT2D eigenvalue weighted by atomic mass is 16.6. The van der Waals surface area contributed by atoms with Crippen molar-refractivity contribution in [2.75, 3.05) is 26.2 Å². The van der Waals surface area contributed by atoms with Gasteiger partial charge in [0, 0.05) is 13.1 Å². The Kier molecular flexibility index (Phi) is 10.3. The van der Waals surface area contributed by atoms with Crippen LogP contribution in [0.2, 0.25) is 0 Å². The van der Waals surface area contributed by atoms with E-state index < -0.39 is 0 Å². The van der Waals surface area contributed by atoms with Crippen molar-refractivity contribution in [3.8, 4) is 0 Å². The molecule has 1 unspecified atom stereocenters. The molecule has 0 aromatic heterocycles. The summed E-state index contributed by atoms with van der Waals surface area (Å²) in [6.45, 7) is 8.38. The first-order valence-electron chi connectivity index (χ1n) is 8.93. The third-order valence-electron chi connectivity index (χ3n) is 4.18. The molecule has 0 saturated carbocycles. The zero-order chi connectivity index (χ0) is 15.3. The number of hydrogen-bond donors (Lipinski definition) is 1. The van der Waals surface area contributed by atoms with Gasteiger partial charge in [-0.15, -0.1) is 0 Å². The molecule has 1 atom stereocenters. The summed E-state index contributed by atoms with van der Waals surface area (Å²) in [7, 11) is 0. The normalized spacial score (nSPS) is 16.9. The van der Waals surface area contributed by atoms with Crippen LogP contribution in [0.4, 0.5) is 4.79 Å². The molecule has 1 saturated heterocycles. The maximum atomic E-state index is 11.9. The number of carbonyl (C=O) groups excluding carboxylic acids is 1. The molecule has 1 aliphatic rings. The minimum Gasteiger partial charge on any atom is -0.446 e. The molecule has 0 bridgehead atoms. The van der Waals surface area contributed by atoms with Crippen molar-refractivity contribution in [1.82, 2.24) is 10.2 Å². The maximum absolute atomic E-state index is 11.9. The van der Waals surface area contributed by atoms with Crippen molar-refractivity contribution in [3.05, 3.63) is 0 Å². The van der Waals surface area contributed by atoms with Gasteiger partial charge in [0.25, 0.3) is 0 Å². The largest absolute Gasteiger partial charge is 0.446 e. The zero-order valence-corrected chi connectivity index (χ0v) is 14.0. The summed E-state index contributed by atoms with van der Waals surface area (Å²) in [6.07, 6.45) is 10.4. The zero-order valence-electron chi connectivity index (χ0n) is 14.0. The third-order valence-corrected chi connectivity index (χ3v) is 4.18. The van der Waals surface area contributed by atoms with E-state index >= 15 is 0 Å². The van der Waals surface area contributed by atoms with Gasteiger partial charge >= 0.3 is 6.09 Å². The lowest BCUT2D eigenvalue weighted by molar-refractivity contribution is 0.0840. The van der Waals surface area contributed by atoms with Gasteiger partial charge in [-0.05, 0) is 45.2 Å². The molecule has 1 fully saturated rings. The van der Waals surface area contributed by atoms with E-state index in [0.717, 1.165) is 38.6 Å². The highest BCUT2D eigenvalue weighted by Gasteiger charge is 2.15. The molecule has 1 aliphatic heterocycles. The summed E-state index contributed by atoms with van der Waals surface area (Å²) in [5.41, 5.74) is 0. The topological polar surface area (TPSA) is 41.6 Å². The fourth-order valence-electron chi connectivity index (χ4n) is 2.83. The number of nitrogens with zero attached hydrogens (tertiary/aromatic N) is 1. The molecule has 0 aromatic rings. The van der Waals surface area contributed by atoms with Crippen molar-refractivity contribution < 1.29 is 9.53 Å². The van der Waals surface area contributed by atoms with Gasteiger partial charge in [0.05, 0.1) is 0 Å². The van der Waals surface area contributed by atoms with E-state index in [9.17, 15) is 4.79 Å². The molecule has 4 heteroatoms. The molecule has 0 aromatic carbocycles. The lowest BCUT2D eigenvalue weighted by Gasteiger charge is -2.19. The minimum atomic E-state index is -0.230. The highest BCUT2D eigenvalue weighted by Crippen LogP contribution is 2.13. The molecule has 1 heterocycles. The summed E-state index contributed by atoms with van der Waals surface area (Å²) in [5.74, 6) is 0. The molecule has 0 radical (unpaired) electrons. The Hall–Kier alpha value is -0.770. The summed E-state index contributed by atoms with van der Waals surface area (Å²) in [5, 5.41) is 2.90. The first-order valence-corrected chi connectivity index (χ1v) is 8.93. The number of alkyl carbamates (subject to hydrolysis) is 1. The predicted molar refractivity (Wildman–Crippen MR) is 87.6 cm³/mol. The van der Waals surface area contributed by atoms with Crippen molar-refractivity contribution in [1.29, 1.82) is 0 Å². The number of likely N-dealkylation sites (tertiary alicyclic amines) is 1. The minimum absolute atomic E-state index is 0.100. The van der Waals surface area contributed by atoms with Gasteiger partial charge in [-0.3, -0.25) is 0 Å². The van der Waals surface area contributed by atoms with E-state index in [-0.39, 0.29) is 12.2 Å². The summed E-state index contributed by atoms with van der Waals surface area (Å²) in [6, 6.07) is 0. The molecule has 1 N–H and O–H groups in total. The Balaban J connectivity index is 2.15. The molecule has 21 heavy (non-hydrogen) atoms. The van der Waals surface area contributed by atoms with Crippen LogP contribution in [0.15, 0.2) is 0 Å². The Morgan fingerprint density at radius 1 is 1.10 bits per heavy atom. The van der Waals surface area contributed by atoms with Gasteiger partial charge in [0.15, 0.2) is 0 Å². The SMILES string of the molecule is CCCCCC(CCCC)OC(=O)NCCN1CCCC1. The van der Waals surface area contributed by atoms with Gasteiger partial charge in [0.1, 0.15) is 6.10 Å². The second-order valence-corrected chi connectivity index (χ2v) is 6.14. The van der Waals surface area contributed by atoms with E-state index in [2.05, 4.69) is 24.1 Å². The molecular weight excluding hydrogens is 264 g/mol. The van der Waals surface area contributed by atoms with Crippen LogP contribution in [0, 0.1) is 0 Å². The lowest BCUT2D eigenvalue weighted by atomic mass is 10.1. The average molecular weight is 298 g/mol. The molecule has 124 valence electrons. The predicted octanol–water partition coefficient (Wildman–Crippen LogP) is 3.95. The lowest BCUT2D eigenvalue weighted by Crippen LogP contribution is -2.35. The van der Waals surface area contributed by atoms with Gasteiger partial charge in [-0.1, -0.05) is 39.5 Å². The third kappa shape index (κ3) is 8.97. The van der Waals surface area contributed by atoms with Gasteiger partial charge in [-0.2, -0.15) is 0 Å². The number of ether oxygens (including phenoxy) is 1. The fraction of sp³-hybridized carbons (Fsp3) is 0.941. The molecule has 0 spiro atoms. The number of hydrogen-bond acceptors (Lipinski definition) is 3. The summed E-state index contributed by atoms with van der Waals surface area (Å²) < 4.78 is 5.60. The summed E-state index contributed by atoms with van der Waals surface area (Å²) >= 11 is 0. The average Bonchev–Trinajstić information content (AvgIpc) is 2.98. The molecule has 1 rings (SSSR count). The van der Waals surface area contributed by atoms with Crippen LogP contribution in [-0.4, -0.2) is 43.3 Å². The van der Waals surface area contributed by atoms with Crippen molar-refractivity contribution in [2.24, 2.45) is 0 Å². The van der Waals surface area contributed by atoms with Crippen molar-refractivity contribution in [2.45, 2.75) is 77.7 Å². The quantitative estimate of drug-likeness (QED) is 0.587. The number of carbonyl (C=O) groups is 1. The molecule has 0 aliphatic carbocycles. The summed E-state index contributed by atoms with van der Waals surface area (Å²) in [4.78, 5) is 14.3. The van der Waals surface area contributed by atoms with Crippen LogP contribution in [0.3, 0.4) is 0 Å². The smallest absolute Gasteiger partial charge is 0.407 e. The van der Waals surface area contributed by atoms with Crippen LogP contribution in [0.25, 0.3) is 0 Å². The van der Waals surface area contributed by atoms with E-state index in [1.54, 1.807) is 0 Å². The van der Waals surface area contributed by atoms with Gasteiger partial charge in [0.2, 0.25) is 0 Å².